The molecule has 1 unspecified atom stereocenters. The summed E-state index contributed by atoms with van der Waals surface area (Å²) in [6.07, 6.45) is 4.55. The van der Waals surface area contributed by atoms with Crippen LogP contribution in [0.25, 0.3) is 17.0 Å². The molecule has 2 heterocycles. The van der Waals surface area contributed by atoms with Crippen LogP contribution < -0.4 is 4.74 Å². The van der Waals surface area contributed by atoms with Gasteiger partial charge in [-0.3, -0.25) is 4.98 Å². The summed E-state index contributed by atoms with van der Waals surface area (Å²) in [5.41, 5.74) is 1.32. The molecule has 4 heteroatoms. The molecule has 1 aliphatic rings. The van der Waals surface area contributed by atoms with E-state index in [1.807, 2.05) is 51.1 Å². The maximum Gasteiger partial charge on any atom is 0.352 e. The van der Waals surface area contributed by atoms with Crippen LogP contribution in [-0.2, 0) is 9.53 Å². The highest BCUT2D eigenvalue weighted by Gasteiger charge is 2.28. The summed E-state index contributed by atoms with van der Waals surface area (Å²) in [5, 5.41) is 1.01. The van der Waals surface area contributed by atoms with Crippen molar-refractivity contribution in [2.75, 3.05) is 0 Å². The van der Waals surface area contributed by atoms with E-state index in [-0.39, 0.29) is 0 Å². The van der Waals surface area contributed by atoms with Crippen molar-refractivity contribution in [1.29, 1.82) is 0 Å². The Morgan fingerprint density at radius 1 is 1.29 bits per heavy atom. The summed E-state index contributed by atoms with van der Waals surface area (Å²) in [7, 11) is 0. The number of carbonyl (C=O) groups excluding carboxylic acids is 1. The van der Waals surface area contributed by atoms with Crippen molar-refractivity contribution in [2.45, 2.75) is 32.5 Å². The van der Waals surface area contributed by atoms with E-state index in [0.29, 0.717) is 5.75 Å². The molecular formula is C17H17NO3. The van der Waals surface area contributed by atoms with Crippen LogP contribution in [0.15, 0.2) is 36.5 Å². The zero-order chi connectivity index (χ0) is 15.0. The van der Waals surface area contributed by atoms with Gasteiger partial charge in [0.05, 0.1) is 11.7 Å². The Morgan fingerprint density at radius 2 is 2.05 bits per heavy atom. The number of hydrogen-bond donors (Lipinski definition) is 0. The second-order valence-corrected chi connectivity index (χ2v) is 5.98. The zero-order valence-electron chi connectivity index (χ0n) is 12.3. The van der Waals surface area contributed by atoms with Crippen LogP contribution in [0.4, 0.5) is 0 Å². The number of benzene rings is 1. The summed E-state index contributed by atoms with van der Waals surface area (Å²) < 4.78 is 11.1. The third-order valence-electron chi connectivity index (χ3n) is 3.11. The van der Waals surface area contributed by atoms with Gasteiger partial charge in [0.15, 0.2) is 0 Å². The van der Waals surface area contributed by atoms with Gasteiger partial charge in [-0.05, 0) is 32.9 Å². The van der Waals surface area contributed by atoms with Gasteiger partial charge in [-0.25, -0.2) is 4.79 Å². The standard InChI is InChI=1S/C17H17NO3/c1-17(2,3)21-16(19)14-9-8-12-11-6-4-5-7-13(11)18-10-15(12)20-14/h4-10,14H,1-3H3. The Balaban J connectivity index is 1.91. The van der Waals surface area contributed by atoms with E-state index >= 15 is 0 Å². The maximum atomic E-state index is 12.1. The summed E-state index contributed by atoms with van der Waals surface area (Å²) in [5.74, 6) is 0.213. The van der Waals surface area contributed by atoms with E-state index in [0.717, 1.165) is 16.5 Å². The number of pyridine rings is 1. The zero-order valence-corrected chi connectivity index (χ0v) is 12.3. The first-order valence-electron chi connectivity index (χ1n) is 6.89. The Morgan fingerprint density at radius 3 is 2.81 bits per heavy atom. The number of rotatable bonds is 1. The minimum atomic E-state index is -0.723. The number of hydrogen-bond acceptors (Lipinski definition) is 4. The summed E-state index contributed by atoms with van der Waals surface area (Å²) >= 11 is 0. The molecule has 108 valence electrons. The molecule has 0 saturated heterocycles. The predicted octanol–water partition coefficient (Wildman–Crippen LogP) is 3.35. The Bertz CT molecular complexity index is 728. The van der Waals surface area contributed by atoms with Gasteiger partial charge in [0.1, 0.15) is 11.4 Å². The number of aromatic nitrogens is 1. The minimum absolute atomic E-state index is 0.391. The highest BCUT2D eigenvalue weighted by molar-refractivity contribution is 5.92. The average molecular weight is 283 g/mol. The van der Waals surface area contributed by atoms with Crippen LogP contribution in [0.3, 0.4) is 0 Å². The van der Waals surface area contributed by atoms with E-state index in [1.165, 1.54) is 0 Å². The molecule has 0 aliphatic carbocycles. The van der Waals surface area contributed by atoms with Crippen molar-refractivity contribution in [3.05, 3.63) is 42.1 Å². The predicted molar refractivity (Wildman–Crippen MR) is 81.0 cm³/mol. The van der Waals surface area contributed by atoms with Gasteiger partial charge < -0.3 is 9.47 Å². The third-order valence-corrected chi connectivity index (χ3v) is 3.11. The van der Waals surface area contributed by atoms with Crippen LogP contribution in [-0.4, -0.2) is 22.7 Å². The van der Waals surface area contributed by atoms with E-state index in [9.17, 15) is 4.79 Å². The maximum absolute atomic E-state index is 12.1. The highest BCUT2D eigenvalue weighted by atomic mass is 16.6. The smallest absolute Gasteiger partial charge is 0.352 e. The molecule has 1 aromatic carbocycles. The van der Waals surface area contributed by atoms with Crippen LogP contribution in [0.1, 0.15) is 26.3 Å². The van der Waals surface area contributed by atoms with Gasteiger partial charge >= 0.3 is 5.97 Å². The third kappa shape index (κ3) is 2.75. The molecule has 0 N–H and O–H groups in total. The fourth-order valence-electron chi connectivity index (χ4n) is 2.26. The van der Waals surface area contributed by atoms with Crippen molar-refractivity contribution >= 4 is 22.9 Å². The van der Waals surface area contributed by atoms with Crippen LogP contribution in [0, 0.1) is 0 Å². The van der Waals surface area contributed by atoms with E-state index in [4.69, 9.17) is 9.47 Å². The van der Waals surface area contributed by atoms with Gasteiger partial charge in [0.25, 0.3) is 0 Å². The van der Waals surface area contributed by atoms with Crippen LogP contribution in [0.2, 0.25) is 0 Å². The Labute approximate surface area is 123 Å². The lowest BCUT2D eigenvalue weighted by molar-refractivity contribution is -0.161. The van der Waals surface area contributed by atoms with Crippen LogP contribution in [0.5, 0.6) is 5.75 Å². The van der Waals surface area contributed by atoms with Crippen molar-refractivity contribution in [2.24, 2.45) is 0 Å². The number of esters is 1. The Kier molecular flexibility index (Phi) is 3.16. The first-order valence-corrected chi connectivity index (χ1v) is 6.89. The highest BCUT2D eigenvalue weighted by Crippen LogP contribution is 2.31. The summed E-state index contributed by atoms with van der Waals surface area (Å²) in [6, 6.07) is 7.84. The molecule has 0 bridgehead atoms. The molecule has 1 aliphatic heterocycles. The minimum Gasteiger partial charge on any atom is -0.472 e. The summed E-state index contributed by atoms with van der Waals surface area (Å²) in [6.45, 7) is 5.50. The molecule has 4 nitrogen and oxygen atoms in total. The van der Waals surface area contributed by atoms with Gasteiger partial charge in [-0.15, -0.1) is 0 Å². The molecule has 0 fully saturated rings. The van der Waals surface area contributed by atoms with Crippen molar-refractivity contribution < 1.29 is 14.3 Å². The Hall–Kier alpha value is -2.36. The summed E-state index contributed by atoms with van der Waals surface area (Å²) in [4.78, 5) is 16.4. The number of ether oxygens (including phenoxy) is 2. The quantitative estimate of drug-likeness (QED) is 0.753. The lowest BCUT2D eigenvalue weighted by atomic mass is 10.0. The van der Waals surface area contributed by atoms with Crippen LogP contribution >= 0.6 is 0 Å². The normalized spacial score (nSPS) is 17.2. The van der Waals surface area contributed by atoms with Crippen molar-refractivity contribution in [3.63, 3.8) is 0 Å². The molecule has 0 saturated carbocycles. The van der Waals surface area contributed by atoms with Crippen molar-refractivity contribution in [1.82, 2.24) is 4.98 Å². The lowest BCUT2D eigenvalue weighted by Crippen LogP contribution is -2.35. The number of para-hydroxylation sites is 1. The van der Waals surface area contributed by atoms with E-state index in [2.05, 4.69) is 4.98 Å². The second kappa shape index (κ2) is 4.88. The molecule has 0 amide bonds. The molecule has 1 aromatic heterocycles. The van der Waals surface area contributed by atoms with Gasteiger partial charge in [0, 0.05) is 10.9 Å². The van der Waals surface area contributed by atoms with Gasteiger partial charge in [-0.1, -0.05) is 24.3 Å². The fourth-order valence-corrected chi connectivity index (χ4v) is 2.26. The molecule has 0 spiro atoms. The fraction of sp³-hybridized carbons (Fsp3) is 0.294. The monoisotopic (exact) mass is 283 g/mol. The molecule has 3 rings (SSSR count). The molecule has 1 atom stereocenters. The molecule has 21 heavy (non-hydrogen) atoms. The van der Waals surface area contributed by atoms with Crippen molar-refractivity contribution in [3.8, 4) is 5.75 Å². The first-order chi connectivity index (χ1) is 9.94. The average Bonchev–Trinajstić information content (AvgIpc) is 2.44. The lowest BCUT2D eigenvalue weighted by Gasteiger charge is -2.25. The van der Waals surface area contributed by atoms with Gasteiger partial charge in [0.2, 0.25) is 6.10 Å². The molecule has 0 radical (unpaired) electrons. The largest absolute Gasteiger partial charge is 0.472 e. The number of fused-ring (bicyclic) bond motifs is 3. The SMILES string of the molecule is CC(C)(C)OC(=O)C1C=Cc2c(cnc3ccccc23)O1. The van der Waals surface area contributed by atoms with Gasteiger partial charge in [-0.2, -0.15) is 0 Å². The second-order valence-electron chi connectivity index (χ2n) is 5.98. The number of carbonyl (C=O) groups is 1. The first kappa shape index (κ1) is 13.6. The number of nitrogens with zero attached hydrogens (tertiary/aromatic N) is 1. The van der Waals surface area contributed by atoms with E-state index < -0.39 is 17.7 Å². The molecular weight excluding hydrogens is 266 g/mol. The van der Waals surface area contributed by atoms with E-state index in [1.54, 1.807) is 12.3 Å². The topological polar surface area (TPSA) is 48.4 Å². The molecule has 2 aromatic rings.